The van der Waals surface area contributed by atoms with Crippen molar-refractivity contribution in [1.29, 1.82) is 0 Å². The molecule has 0 radical (unpaired) electrons. The second kappa shape index (κ2) is 6.51. The molecule has 1 aromatic carbocycles. The average molecular weight is 263 g/mol. The third kappa shape index (κ3) is 3.78. The molecular weight excluding hydrogens is 238 g/mol. The van der Waals surface area contributed by atoms with Gasteiger partial charge in [-0.2, -0.15) is 0 Å². The molecule has 3 N–H and O–H groups in total. The second-order valence-corrected chi connectivity index (χ2v) is 5.73. The van der Waals surface area contributed by atoms with Crippen LogP contribution in [0.3, 0.4) is 0 Å². The third-order valence-corrected chi connectivity index (χ3v) is 3.92. The van der Waals surface area contributed by atoms with Crippen LogP contribution in [0.25, 0.3) is 0 Å². The zero-order valence-corrected chi connectivity index (χ0v) is 11.9. The number of rotatable bonds is 5. The van der Waals surface area contributed by atoms with E-state index in [0.717, 1.165) is 12.0 Å². The van der Waals surface area contributed by atoms with E-state index in [0.29, 0.717) is 6.54 Å². The number of benzene rings is 1. The SMILES string of the molecule is CC(O)CNC(C)C(O)c1ccc2c(c1)CCCC2. The summed E-state index contributed by atoms with van der Waals surface area (Å²) in [5, 5.41) is 22.8. The topological polar surface area (TPSA) is 52.5 Å². The molecule has 19 heavy (non-hydrogen) atoms. The standard InChI is InChI=1S/C16H25NO2/c1-11(18)10-17-12(2)16(19)15-8-7-13-5-3-4-6-14(13)9-15/h7-9,11-12,16-19H,3-6,10H2,1-2H3. The van der Waals surface area contributed by atoms with Gasteiger partial charge in [-0.1, -0.05) is 18.2 Å². The normalized spacial score (nSPS) is 19.6. The molecule has 0 saturated carbocycles. The molecular formula is C16H25NO2. The number of hydrogen-bond acceptors (Lipinski definition) is 3. The minimum atomic E-state index is -0.522. The van der Waals surface area contributed by atoms with Crippen LogP contribution in [-0.2, 0) is 12.8 Å². The van der Waals surface area contributed by atoms with Gasteiger partial charge in [-0.25, -0.2) is 0 Å². The maximum absolute atomic E-state index is 10.4. The number of aryl methyl sites for hydroxylation is 2. The molecule has 0 aromatic heterocycles. The average Bonchev–Trinajstić information content (AvgIpc) is 2.43. The van der Waals surface area contributed by atoms with Gasteiger partial charge in [0.25, 0.3) is 0 Å². The van der Waals surface area contributed by atoms with Gasteiger partial charge in [0.15, 0.2) is 0 Å². The summed E-state index contributed by atoms with van der Waals surface area (Å²) < 4.78 is 0. The second-order valence-electron chi connectivity index (χ2n) is 5.73. The Balaban J connectivity index is 2.04. The lowest BCUT2D eigenvalue weighted by Gasteiger charge is -2.23. The van der Waals surface area contributed by atoms with Gasteiger partial charge in [0.1, 0.15) is 0 Å². The van der Waals surface area contributed by atoms with Crippen LogP contribution in [0.1, 0.15) is 49.5 Å². The van der Waals surface area contributed by atoms with E-state index < -0.39 is 12.2 Å². The molecule has 1 aromatic rings. The lowest BCUT2D eigenvalue weighted by Crippen LogP contribution is -2.36. The molecule has 0 amide bonds. The van der Waals surface area contributed by atoms with E-state index in [-0.39, 0.29) is 6.04 Å². The zero-order valence-electron chi connectivity index (χ0n) is 11.9. The van der Waals surface area contributed by atoms with Crippen molar-refractivity contribution in [2.45, 2.75) is 57.8 Å². The van der Waals surface area contributed by atoms with E-state index in [4.69, 9.17) is 0 Å². The molecule has 106 valence electrons. The Kier molecular flexibility index (Phi) is 4.97. The zero-order chi connectivity index (χ0) is 13.8. The van der Waals surface area contributed by atoms with Crippen LogP contribution in [0.15, 0.2) is 18.2 Å². The molecule has 0 saturated heterocycles. The Morgan fingerprint density at radius 1 is 1.11 bits per heavy atom. The van der Waals surface area contributed by atoms with Gasteiger partial charge in [0, 0.05) is 12.6 Å². The largest absolute Gasteiger partial charge is 0.392 e. The summed E-state index contributed by atoms with van der Waals surface area (Å²) in [5.74, 6) is 0. The van der Waals surface area contributed by atoms with E-state index in [1.807, 2.05) is 13.0 Å². The van der Waals surface area contributed by atoms with E-state index in [9.17, 15) is 10.2 Å². The molecule has 1 aliphatic carbocycles. The van der Waals surface area contributed by atoms with Crippen LogP contribution in [0.4, 0.5) is 0 Å². The lowest BCUT2D eigenvalue weighted by molar-refractivity contribution is 0.121. The van der Waals surface area contributed by atoms with Gasteiger partial charge in [0.05, 0.1) is 12.2 Å². The fourth-order valence-electron chi connectivity index (χ4n) is 2.69. The van der Waals surface area contributed by atoms with Gasteiger partial charge in [0.2, 0.25) is 0 Å². The Morgan fingerprint density at radius 3 is 2.47 bits per heavy atom. The minimum Gasteiger partial charge on any atom is -0.392 e. The smallest absolute Gasteiger partial charge is 0.0940 e. The summed E-state index contributed by atoms with van der Waals surface area (Å²) in [6.45, 7) is 4.20. The van der Waals surface area contributed by atoms with Crippen molar-refractivity contribution in [2.24, 2.45) is 0 Å². The van der Waals surface area contributed by atoms with Gasteiger partial charge in [-0.05, 0) is 56.2 Å². The van der Waals surface area contributed by atoms with Gasteiger partial charge in [-0.15, -0.1) is 0 Å². The molecule has 2 rings (SSSR count). The van der Waals surface area contributed by atoms with Crippen molar-refractivity contribution in [1.82, 2.24) is 5.32 Å². The van der Waals surface area contributed by atoms with Crippen LogP contribution < -0.4 is 5.32 Å². The van der Waals surface area contributed by atoms with E-state index in [1.165, 1.54) is 30.4 Å². The number of aliphatic hydroxyl groups is 2. The number of fused-ring (bicyclic) bond motifs is 1. The third-order valence-electron chi connectivity index (χ3n) is 3.92. The predicted molar refractivity (Wildman–Crippen MR) is 77.2 cm³/mol. The monoisotopic (exact) mass is 263 g/mol. The highest BCUT2D eigenvalue weighted by atomic mass is 16.3. The Morgan fingerprint density at radius 2 is 1.79 bits per heavy atom. The van der Waals surface area contributed by atoms with Crippen molar-refractivity contribution >= 4 is 0 Å². The molecule has 3 nitrogen and oxygen atoms in total. The summed E-state index contributed by atoms with van der Waals surface area (Å²) in [5.41, 5.74) is 3.81. The van der Waals surface area contributed by atoms with E-state index >= 15 is 0 Å². The quantitative estimate of drug-likeness (QED) is 0.761. The summed E-state index contributed by atoms with van der Waals surface area (Å²) in [6.07, 6.45) is 3.92. The molecule has 3 unspecified atom stereocenters. The number of nitrogens with one attached hydrogen (secondary N) is 1. The molecule has 0 aliphatic heterocycles. The summed E-state index contributed by atoms with van der Waals surface area (Å²) >= 11 is 0. The molecule has 0 fully saturated rings. The minimum absolute atomic E-state index is 0.0590. The molecule has 3 atom stereocenters. The molecule has 1 aliphatic rings. The maximum atomic E-state index is 10.4. The molecule has 0 heterocycles. The van der Waals surface area contributed by atoms with E-state index in [2.05, 4.69) is 17.4 Å². The summed E-state index contributed by atoms with van der Waals surface area (Å²) in [7, 11) is 0. The van der Waals surface area contributed by atoms with Crippen LogP contribution in [0.2, 0.25) is 0 Å². The Bertz CT molecular complexity index is 417. The van der Waals surface area contributed by atoms with Crippen LogP contribution in [0, 0.1) is 0 Å². The van der Waals surface area contributed by atoms with E-state index in [1.54, 1.807) is 6.92 Å². The van der Waals surface area contributed by atoms with Crippen molar-refractivity contribution in [2.75, 3.05) is 6.54 Å². The maximum Gasteiger partial charge on any atom is 0.0940 e. The first-order valence-electron chi connectivity index (χ1n) is 7.29. The highest BCUT2D eigenvalue weighted by Crippen LogP contribution is 2.26. The van der Waals surface area contributed by atoms with Crippen LogP contribution in [-0.4, -0.2) is 28.9 Å². The van der Waals surface area contributed by atoms with Gasteiger partial charge < -0.3 is 15.5 Å². The highest BCUT2D eigenvalue weighted by molar-refractivity contribution is 5.35. The lowest BCUT2D eigenvalue weighted by atomic mass is 9.89. The Hall–Kier alpha value is -0.900. The fraction of sp³-hybridized carbons (Fsp3) is 0.625. The first-order valence-corrected chi connectivity index (χ1v) is 7.29. The van der Waals surface area contributed by atoms with Crippen LogP contribution in [0.5, 0.6) is 0 Å². The molecule has 3 heteroatoms. The molecule has 0 spiro atoms. The first-order chi connectivity index (χ1) is 9.08. The van der Waals surface area contributed by atoms with Crippen molar-refractivity contribution in [3.8, 4) is 0 Å². The molecule has 0 bridgehead atoms. The number of hydrogen-bond donors (Lipinski definition) is 3. The fourth-order valence-corrected chi connectivity index (χ4v) is 2.69. The Labute approximate surface area is 115 Å². The van der Waals surface area contributed by atoms with Gasteiger partial charge in [-0.3, -0.25) is 0 Å². The summed E-state index contributed by atoms with van der Waals surface area (Å²) in [4.78, 5) is 0. The highest BCUT2D eigenvalue weighted by Gasteiger charge is 2.18. The van der Waals surface area contributed by atoms with Gasteiger partial charge >= 0.3 is 0 Å². The predicted octanol–water partition coefficient (Wildman–Crippen LogP) is 1.96. The summed E-state index contributed by atoms with van der Waals surface area (Å²) in [6, 6.07) is 6.29. The number of aliphatic hydroxyl groups excluding tert-OH is 2. The van der Waals surface area contributed by atoms with Crippen molar-refractivity contribution < 1.29 is 10.2 Å². The van der Waals surface area contributed by atoms with Crippen LogP contribution >= 0.6 is 0 Å². The van der Waals surface area contributed by atoms with Crippen molar-refractivity contribution in [3.05, 3.63) is 34.9 Å². The first kappa shape index (κ1) is 14.5. The van der Waals surface area contributed by atoms with Crippen molar-refractivity contribution in [3.63, 3.8) is 0 Å².